The molecule has 24 heavy (non-hydrogen) atoms. The van der Waals surface area contributed by atoms with Crippen molar-refractivity contribution in [2.75, 3.05) is 37.7 Å². The van der Waals surface area contributed by atoms with Gasteiger partial charge in [-0.15, -0.1) is 0 Å². The molecule has 130 valence electrons. The molecule has 6 heteroatoms. The highest BCUT2D eigenvalue weighted by atomic mass is 16.5. The van der Waals surface area contributed by atoms with E-state index in [-0.39, 0.29) is 24.2 Å². The van der Waals surface area contributed by atoms with Crippen molar-refractivity contribution >= 4 is 17.5 Å². The van der Waals surface area contributed by atoms with E-state index >= 15 is 0 Å². The van der Waals surface area contributed by atoms with Gasteiger partial charge in [0.15, 0.2) is 0 Å². The summed E-state index contributed by atoms with van der Waals surface area (Å²) in [6.07, 6.45) is 0.275. The highest BCUT2D eigenvalue weighted by Gasteiger charge is 2.38. The highest BCUT2D eigenvalue weighted by Crippen LogP contribution is 2.33. The molecule has 2 aliphatic heterocycles. The van der Waals surface area contributed by atoms with E-state index in [9.17, 15) is 9.59 Å². The predicted molar refractivity (Wildman–Crippen MR) is 92.1 cm³/mol. The highest BCUT2D eigenvalue weighted by molar-refractivity contribution is 6.01. The number of piperazine rings is 1. The van der Waals surface area contributed by atoms with Gasteiger partial charge in [-0.2, -0.15) is 0 Å². The Hall–Kier alpha value is -2.08. The number of hydrogen-bond donors (Lipinski definition) is 1. The average molecular weight is 331 g/mol. The molecule has 6 nitrogen and oxygen atoms in total. The van der Waals surface area contributed by atoms with Crippen LogP contribution < -0.4 is 15.0 Å². The molecule has 2 amide bonds. The number of benzene rings is 1. The van der Waals surface area contributed by atoms with Gasteiger partial charge in [0, 0.05) is 38.6 Å². The van der Waals surface area contributed by atoms with E-state index in [1.54, 1.807) is 4.90 Å². The zero-order valence-electron chi connectivity index (χ0n) is 14.3. The molecular weight excluding hydrogens is 306 g/mol. The van der Waals surface area contributed by atoms with Crippen molar-refractivity contribution in [1.82, 2.24) is 10.2 Å². The molecule has 0 bridgehead atoms. The maximum absolute atomic E-state index is 12.8. The first kappa shape index (κ1) is 16.8. The van der Waals surface area contributed by atoms with Gasteiger partial charge in [0.25, 0.3) is 0 Å². The summed E-state index contributed by atoms with van der Waals surface area (Å²) in [5.74, 6) is 0.506. The summed E-state index contributed by atoms with van der Waals surface area (Å²) in [6, 6.07) is 7.81. The summed E-state index contributed by atoms with van der Waals surface area (Å²) in [7, 11) is 0. The van der Waals surface area contributed by atoms with E-state index in [2.05, 4.69) is 12.2 Å². The number of para-hydroxylation sites is 2. The van der Waals surface area contributed by atoms with Gasteiger partial charge < -0.3 is 19.9 Å². The van der Waals surface area contributed by atoms with Crippen molar-refractivity contribution in [3.8, 4) is 5.75 Å². The molecule has 2 atom stereocenters. The molecule has 2 heterocycles. The second-order valence-corrected chi connectivity index (χ2v) is 6.45. The van der Waals surface area contributed by atoms with Crippen LogP contribution in [0.2, 0.25) is 0 Å². The predicted octanol–water partition coefficient (Wildman–Crippen LogP) is 1.26. The van der Waals surface area contributed by atoms with Crippen molar-refractivity contribution < 1.29 is 14.3 Å². The first-order valence-corrected chi connectivity index (χ1v) is 8.64. The normalized spacial score (nSPS) is 24.3. The molecule has 2 saturated heterocycles. The molecule has 0 aromatic heterocycles. The number of ether oxygens (including phenoxy) is 1. The molecule has 2 fully saturated rings. The van der Waals surface area contributed by atoms with Gasteiger partial charge >= 0.3 is 0 Å². The van der Waals surface area contributed by atoms with Gasteiger partial charge in [-0.25, -0.2) is 0 Å². The molecule has 2 unspecified atom stereocenters. The van der Waals surface area contributed by atoms with Crippen LogP contribution in [0, 0.1) is 5.92 Å². The van der Waals surface area contributed by atoms with Crippen LogP contribution in [0.1, 0.15) is 20.3 Å². The van der Waals surface area contributed by atoms with E-state index in [1.165, 1.54) is 0 Å². The van der Waals surface area contributed by atoms with E-state index in [0.717, 1.165) is 12.2 Å². The third-order valence-corrected chi connectivity index (χ3v) is 4.61. The SMILES string of the molecule is CCOc1ccccc1N1CC(C(=O)N2CCNC(C)C2)CC1=O. The Bertz CT molecular complexity index is 619. The zero-order chi connectivity index (χ0) is 17.1. The van der Waals surface area contributed by atoms with Gasteiger partial charge in [-0.05, 0) is 26.0 Å². The summed E-state index contributed by atoms with van der Waals surface area (Å²) < 4.78 is 5.63. The van der Waals surface area contributed by atoms with Gasteiger partial charge in [-0.3, -0.25) is 9.59 Å². The minimum absolute atomic E-state index is 0.0105. The number of carbonyl (C=O) groups is 2. The van der Waals surface area contributed by atoms with E-state index in [0.29, 0.717) is 38.0 Å². The third-order valence-electron chi connectivity index (χ3n) is 4.61. The number of amides is 2. The summed E-state index contributed by atoms with van der Waals surface area (Å²) in [5.41, 5.74) is 0.758. The summed E-state index contributed by atoms with van der Waals surface area (Å²) in [6.45, 7) is 7.19. The molecule has 0 aliphatic carbocycles. The number of rotatable bonds is 4. The summed E-state index contributed by atoms with van der Waals surface area (Å²) in [4.78, 5) is 28.8. The number of nitrogens with one attached hydrogen (secondary N) is 1. The van der Waals surface area contributed by atoms with Crippen molar-refractivity contribution in [2.24, 2.45) is 5.92 Å². The fraction of sp³-hybridized carbons (Fsp3) is 0.556. The molecule has 0 saturated carbocycles. The maximum atomic E-state index is 12.8. The van der Waals surface area contributed by atoms with Gasteiger partial charge in [-0.1, -0.05) is 12.1 Å². The Balaban J connectivity index is 1.73. The molecule has 3 rings (SSSR count). The van der Waals surface area contributed by atoms with E-state index in [1.807, 2.05) is 36.1 Å². The Kier molecular flexibility index (Phi) is 5.04. The minimum atomic E-state index is -0.266. The van der Waals surface area contributed by atoms with Crippen LogP contribution >= 0.6 is 0 Å². The lowest BCUT2D eigenvalue weighted by atomic mass is 10.1. The molecule has 2 aliphatic rings. The van der Waals surface area contributed by atoms with Crippen molar-refractivity contribution in [3.05, 3.63) is 24.3 Å². The first-order valence-electron chi connectivity index (χ1n) is 8.64. The Labute approximate surface area is 142 Å². The Morgan fingerprint density at radius 1 is 1.33 bits per heavy atom. The monoisotopic (exact) mass is 331 g/mol. The quantitative estimate of drug-likeness (QED) is 0.902. The Morgan fingerprint density at radius 2 is 2.12 bits per heavy atom. The minimum Gasteiger partial charge on any atom is -0.492 e. The van der Waals surface area contributed by atoms with Gasteiger partial charge in [0.2, 0.25) is 11.8 Å². The van der Waals surface area contributed by atoms with Crippen LogP contribution in [0.4, 0.5) is 5.69 Å². The van der Waals surface area contributed by atoms with E-state index in [4.69, 9.17) is 4.74 Å². The summed E-state index contributed by atoms with van der Waals surface area (Å²) in [5, 5.41) is 3.33. The second-order valence-electron chi connectivity index (χ2n) is 6.45. The van der Waals surface area contributed by atoms with Crippen molar-refractivity contribution in [2.45, 2.75) is 26.3 Å². The number of nitrogens with zero attached hydrogens (tertiary/aromatic N) is 2. The van der Waals surface area contributed by atoms with Crippen molar-refractivity contribution in [3.63, 3.8) is 0 Å². The number of anilines is 1. The van der Waals surface area contributed by atoms with Crippen LogP contribution in [-0.2, 0) is 9.59 Å². The number of carbonyl (C=O) groups excluding carboxylic acids is 2. The largest absolute Gasteiger partial charge is 0.492 e. The smallest absolute Gasteiger partial charge is 0.228 e. The number of hydrogen-bond acceptors (Lipinski definition) is 4. The molecule has 1 N–H and O–H groups in total. The Morgan fingerprint density at radius 3 is 2.88 bits per heavy atom. The van der Waals surface area contributed by atoms with Crippen LogP contribution in [0.3, 0.4) is 0 Å². The average Bonchev–Trinajstić information content (AvgIpc) is 2.97. The van der Waals surface area contributed by atoms with Gasteiger partial charge in [0.1, 0.15) is 5.75 Å². The molecule has 0 radical (unpaired) electrons. The molecule has 0 spiro atoms. The van der Waals surface area contributed by atoms with Gasteiger partial charge in [0.05, 0.1) is 18.2 Å². The topological polar surface area (TPSA) is 61.9 Å². The standard InChI is InChI=1S/C18H25N3O3/c1-3-24-16-7-5-4-6-15(16)21-12-14(10-17(21)22)18(23)20-9-8-19-13(2)11-20/h4-7,13-14,19H,3,8-12H2,1-2H3. The lowest BCUT2D eigenvalue weighted by Crippen LogP contribution is -2.53. The lowest BCUT2D eigenvalue weighted by Gasteiger charge is -2.33. The third kappa shape index (κ3) is 3.38. The first-order chi connectivity index (χ1) is 11.6. The second kappa shape index (κ2) is 7.21. The van der Waals surface area contributed by atoms with Crippen molar-refractivity contribution in [1.29, 1.82) is 0 Å². The lowest BCUT2D eigenvalue weighted by molar-refractivity contribution is -0.136. The van der Waals surface area contributed by atoms with Crippen LogP contribution in [0.5, 0.6) is 5.75 Å². The summed E-state index contributed by atoms with van der Waals surface area (Å²) >= 11 is 0. The van der Waals surface area contributed by atoms with Crippen LogP contribution in [0.25, 0.3) is 0 Å². The molecule has 1 aromatic rings. The van der Waals surface area contributed by atoms with Crippen LogP contribution in [0.15, 0.2) is 24.3 Å². The molecule has 1 aromatic carbocycles. The maximum Gasteiger partial charge on any atom is 0.228 e. The van der Waals surface area contributed by atoms with Crippen LogP contribution in [-0.4, -0.2) is 55.5 Å². The zero-order valence-corrected chi connectivity index (χ0v) is 14.3. The fourth-order valence-corrected chi connectivity index (χ4v) is 3.45. The fourth-order valence-electron chi connectivity index (χ4n) is 3.45. The molecular formula is C18H25N3O3. The van der Waals surface area contributed by atoms with E-state index < -0.39 is 0 Å².